The van der Waals surface area contributed by atoms with E-state index in [9.17, 15) is 5.11 Å². The van der Waals surface area contributed by atoms with Crippen molar-refractivity contribution >= 4 is 0 Å². The number of phenols is 1. The first-order valence-electron chi connectivity index (χ1n) is 12.6. The number of ether oxygens (including phenoxy) is 1. The SMILES string of the molecule is CCC1CCC(C2CCC(C(F)(F)Oc3cc(C(C)C)c(O)c(C(C)C)c3)CC2)CC1. The van der Waals surface area contributed by atoms with Gasteiger partial charge in [-0.1, -0.05) is 53.9 Å². The zero-order valence-corrected chi connectivity index (χ0v) is 20.1. The highest BCUT2D eigenvalue weighted by Crippen LogP contribution is 2.46. The van der Waals surface area contributed by atoms with Gasteiger partial charge in [0.15, 0.2) is 0 Å². The number of hydrogen-bond donors (Lipinski definition) is 1. The van der Waals surface area contributed by atoms with Gasteiger partial charge in [-0.25, -0.2) is 0 Å². The lowest BCUT2D eigenvalue weighted by molar-refractivity contribution is -0.224. The van der Waals surface area contributed by atoms with Gasteiger partial charge in [-0.2, -0.15) is 8.78 Å². The van der Waals surface area contributed by atoms with Crippen molar-refractivity contribution < 1.29 is 18.6 Å². The van der Waals surface area contributed by atoms with Crippen LogP contribution in [-0.4, -0.2) is 11.2 Å². The van der Waals surface area contributed by atoms with Crippen LogP contribution in [0.4, 0.5) is 8.78 Å². The lowest BCUT2D eigenvalue weighted by Crippen LogP contribution is -2.38. The summed E-state index contributed by atoms with van der Waals surface area (Å²) < 4.78 is 35.6. The molecule has 2 nitrogen and oxygen atoms in total. The fourth-order valence-corrected chi connectivity index (χ4v) is 5.83. The van der Waals surface area contributed by atoms with Crippen molar-refractivity contribution in [2.24, 2.45) is 23.7 Å². The monoisotopic (exact) mass is 436 g/mol. The van der Waals surface area contributed by atoms with Gasteiger partial charge in [0.2, 0.25) is 0 Å². The van der Waals surface area contributed by atoms with Crippen LogP contribution < -0.4 is 4.74 Å². The van der Waals surface area contributed by atoms with Gasteiger partial charge in [0.25, 0.3) is 0 Å². The average molecular weight is 437 g/mol. The van der Waals surface area contributed by atoms with Gasteiger partial charge >= 0.3 is 6.11 Å². The van der Waals surface area contributed by atoms with Gasteiger partial charge in [-0.3, -0.25) is 0 Å². The second-order valence-electron chi connectivity index (χ2n) is 10.7. The molecule has 0 aromatic heterocycles. The molecule has 2 fully saturated rings. The highest BCUT2D eigenvalue weighted by Gasteiger charge is 2.45. The highest BCUT2D eigenvalue weighted by molar-refractivity contribution is 5.49. The number of benzene rings is 1. The molecule has 2 aliphatic rings. The molecule has 0 heterocycles. The average Bonchev–Trinajstić information content (AvgIpc) is 2.74. The first kappa shape index (κ1) is 24.3. The van der Waals surface area contributed by atoms with E-state index < -0.39 is 12.0 Å². The fraction of sp³-hybridized carbons (Fsp3) is 0.778. The molecule has 4 heteroatoms. The third kappa shape index (κ3) is 5.73. The molecule has 176 valence electrons. The molecular weight excluding hydrogens is 394 g/mol. The molecule has 1 aromatic carbocycles. The molecule has 2 aliphatic carbocycles. The lowest BCUT2D eigenvalue weighted by Gasteiger charge is -2.39. The Morgan fingerprint density at radius 2 is 1.32 bits per heavy atom. The minimum atomic E-state index is -3.18. The van der Waals surface area contributed by atoms with Gasteiger partial charge in [0.05, 0.1) is 5.92 Å². The minimum Gasteiger partial charge on any atom is -0.507 e. The van der Waals surface area contributed by atoms with Crippen molar-refractivity contribution in [1.82, 2.24) is 0 Å². The molecular formula is C27H42F2O2. The maximum Gasteiger partial charge on any atom is 0.400 e. The second-order valence-corrected chi connectivity index (χ2v) is 10.7. The maximum atomic E-state index is 15.1. The topological polar surface area (TPSA) is 29.5 Å². The maximum absolute atomic E-state index is 15.1. The fourth-order valence-electron chi connectivity index (χ4n) is 5.83. The molecule has 2 saturated carbocycles. The summed E-state index contributed by atoms with van der Waals surface area (Å²) in [4.78, 5) is 0. The number of alkyl halides is 2. The smallest absolute Gasteiger partial charge is 0.400 e. The van der Waals surface area contributed by atoms with Crippen molar-refractivity contribution in [2.45, 2.75) is 110 Å². The number of rotatable bonds is 7. The summed E-state index contributed by atoms with van der Waals surface area (Å²) in [5.74, 6) is 1.95. The normalized spacial score (nSPS) is 27.6. The Hall–Kier alpha value is -1.32. The van der Waals surface area contributed by atoms with E-state index in [1.165, 1.54) is 32.1 Å². The highest BCUT2D eigenvalue weighted by atomic mass is 19.3. The Bertz CT molecular complexity index is 683. The number of halogens is 2. The van der Waals surface area contributed by atoms with Crippen molar-refractivity contribution in [3.05, 3.63) is 23.3 Å². The summed E-state index contributed by atoms with van der Waals surface area (Å²) in [5.41, 5.74) is 1.34. The van der Waals surface area contributed by atoms with Crippen molar-refractivity contribution in [1.29, 1.82) is 0 Å². The largest absolute Gasteiger partial charge is 0.507 e. The Kier molecular flexibility index (Phi) is 7.91. The molecule has 1 aromatic rings. The Morgan fingerprint density at radius 3 is 1.74 bits per heavy atom. The molecule has 0 amide bonds. The molecule has 31 heavy (non-hydrogen) atoms. The lowest BCUT2D eigenvalue weighted by atomic mass is 9.69. The molecule has 0 unspecified atom stereocenters. The third-order valence-corrected chi connectivity index (χ3v) is 8.02. The molecule has 0 spiro atoms. The summed E-state index contributed by atoms with van der Waals surface area (Å²) in [6.07, 6.45) is 6.17. The van der Waals surface area contributed by atoms with Crippen LogP contribution in [0, 0.1) is 23.7 Å². The second kappa shape index (κ2) is 10.1. The number of aromatic hydroxyl groups is 1. The number of phenolic OH excluding ortho intramolecular Hbond substituents is 1. The summed E-state index contributed by atoms with van der Waals surface area (Å²) in [6, 6.07) is 3.19. The Morgan fingerprint density at radius 1 is 0.871 bits per heavy atom. The summed E-state index contributed by atoms with van der Waals surface area (Å²) >= 11 is 0. The van der Waals surface area contributed by atoms with Crippen molar-refractivity contribution in [3.63, 3.8) is 0 Å². The van der Waals surface area contributed by atoms with Crippen LogP contribution in [0.15, 0.2) is 12.1 Å². The van der Waals surface area contributed by atoms with Crippen LogP contribution in [0.2, 0.25) is 0 Å². The molecule has 0 aliphatic heterocycles. The molecule has 0 radical (unpaired) electrons. The van der Waals surface area contributed by atoms with Crippen LogP contribution >= 0.6 is 0 Å². The van der Waals surface area contributed by atoms with Crippen LogP contribution in [0.1, 0.15) is 115 Å². The third-order valence-electron chi connectivity index (χ3n) is 8.02. The molecule has 3 rings (SSSR count). The van der Waals surface area contributed by atoms with E-state index in [1.54, 1.807) is 12.1 Å². The van der Waals surface area contributed by atoms with E-state index in [1.807, 2.05) is 27.7 Å². The zero-order chi connectivity index (χ0) is 22.8. The molecule has 1 N–H and O–H groups in total. The Balaban J connectivity index is 1.64. The first-order chi connectivity index (χ1) is 14.6. The first-order valence-corrected chi connectivity index (χ1v) is 12.6. The minimum absolute atomic E-state index is 0.0351. The standard InChI is InChI=1S/C27H42F2O2/c1-6-19-7-9-20(10-8-19)21-11-13-22(14-12-21)27(28,29)31-23-15-24(17(2)3)26(30)25(16-23)18(4)5/h15-22,30H,6-14H2,1-5H3. The molecule has 0 bridgehead atoms. The van der Waals surface area contributed by atoms with Crippen LogP contribution in [-0.2, 0) is 0 Å². The van der Waals surface area contributed by atoms with E-state index >= 15 is 8.78 Å². The van der Waals surface area contributed by atoms with Gasteiger partial charge in [0.1, 0.15) is 11.5 Å². The van der Waals surface area contributed by atoms with Gasteiger partial charge in [-0.15, -0.1) is 0 Å². The molecule has 0 atom stereocenters. The van der Waals surface area contributed by atoms with E-state index in [0.717, 1.165) is 24.7 Å². The van der Waals surface area contributed by atoms with Crippen molar-refractivity contribution in [2.75, 3.05) is 0 Å². The Labute approximate surface area is 187 Å². The zero-order valence-electron chi connectivity index (χ0n) is 20.1. The van der Waals surface area contributed by atoms with Crippen molar-refractivity contribution in [3.8, 4) is 11.5 Å². The van der Waals surface area contributed by atoms with E-state index in [2.05, 4.69) is 6.92 Å². The predicted octanol–water partition coefficient (Wildman–Crippen LogP) is 8.63. The quantitative estimate of drug-likeness (QED) is 0.463. The van der Waals surface area contributed by atoms with Crippen LogP contribution in [0.3, 0.4) is 0 Å². The molecule has 0 saturated heterocycles. The summed E-state index contributed by atoms with van der Waals surface area (Å²) in [5, 5.41) is 10.5. The van der Waals surface area contributed by atoms with Crippen LogP contribution in [0.5, 0.6) is 11.5 Å². The van der Waals surface area contributed by atoms with Crippen LogP contribution in [0.25, 0.3) is 0 Å². The summed E-state index contributed by atoms with van der Waals surface area (Å²) in [6.45, 7) is 10.1. The summed E-state index contributed by atoms with van der Waals surface area (Å²) in [7, 11) is 0. The van der Waals surface area contributed by atoms with E-state index in [4.69, 9.17) is 4.74 Å². The van der Waals surface area contributed by atoms with Gasteiger partial charge in [-0.05, 0) is 80.2 Å². The van der Waals surface area contributed by atoms with Gasteiger partial charge in [0, 0.05) is 11.1 Å². The van der Waals surface area contributed by atoms with E-state index in [-0.39, 0.29) is 23.3 Å². The predicted molar refractivity (Wildman–Crippen MR) is 123 cm³/mol. The van der Waals surface area contributed by atoms with Gasteiger partial charge < -0.3 is 9.84 Å². The number of hydrogen-bond acceptors (Lipinski definition) is 2. The van der Waals surface area contributed by atoms with E-state index in [0.29, 0.717) is 29.9 Å².